The average molecular weight is 270 g/mol. The summed E-state index contributed by atoms with van der Waals surface area (Å²) in [4.78, 5) is 0. The minimum Gasteiger partial charge on any atom is -0.365 e. The fourth-order valence-corrected chi connectivity index (χ4v) is 1.87. The predicted octanol–water partition coefficient (Wildman–Crippen LogP) is 2.54. The van der Waals surface area contributed by atoms with Gasteiger partial charge in [-0.25, -0.2) is 4.68 Å². The third kappa shape index (κ3) is 2.85. The van der Waals surface area contributed by atoms with Gasteiger partial charge in [0.1, 0.15) is 5.82 Å². The van der Waals surface area contributed by atoms with Gasteiger partial charge in [-0.15, -0.1) is 12.4 Å². The van der Waals surface area contributed by atoms with E-state index < -0.39 is 0 Å². The Morgan fingerprint density at radius 1 is 1.33 bits per heavy atom. The molecule has 100 valence electrons. The van der Waals surface area contributed by atoms with Crippen molar-refractivity contribution in [2.24, 2.45) is 7.05 Å². The van der Waals surface area contributed by atoms with Crippen LogP contribution in [0.15, 0.2) is 18.5 Å². The topological polar surface area (TPSA) is 47.7 Å². The van der Waals surface area contributed by atoms with Crippen LogP contribution in [0.3, 0.4) is 0 Å². The Morgan fingerprint density at radius 2 is 2.06 bits per heavy atom. The molecule has 0 saturated heterocycles. The predicted molar refractivity (Wildman–Crippen MR) is 75.1 cm³/mol. The molecule has 0 spiro atoms. The lowest BCUT2D eigenvalue weighted by Crippen LogP contribution is -2.12. The summed E-state index contributed by atoms with van der Waals surface area (Å²) in [6.07, 6.45) is 3.70. The van der Waals surface area contributed by atoms with Gasteiger partial charge in [0.05, 0.1) is 24.6 Å². The van der Waals surface area contributed by atoms with E-state index in [0.717, 1.165) is 12.4 Å². The van der Waals surface area contributed by atoms with Gasteiger partial charge in [-0.1, -0.05) is 0 Å². The highest BCUT2D eigenvalue weighted by Crippen LogP contribution is 2.15. The zero-order chi connectivity index (χ0) is 12.4. The molecule has 0 amide bonds. The molecule has 0 saturated carbocycles. The minimum absolute atomic E-state index is 0. The Morgan fingerprint density at radius 3 is 2.61 bits per heavy atom. The third-order valence-electron chi connectivity index (χ3n) is 2.87. The van der Waals surface area contributed by atoms with Crippen LogP contribution in [0.5, 0.6) is 0 Å². The molecular formula is C12H20ClN5. The van der Waals surface area contributed by atoms with Crippen LogP contribution in [-0.4, -0.2) is 19.6 Å². The van der Waals surface area contributed by atoms with Crippen LogP contribution >= 0.6 is 12.4 Å². The summed E-state index contributed by atoms with van der Waals surface area (Å²) < 4.78 is 3.88. The molecular weight excluding hydrogens is 250 g/mol. The van der Waals surface area contributed by atoms with Gasteiger partial charge in [-0.05, 0) is 26.3 Å². The molecule has 0 aliphatic carbocycles. The van der Waals surface area contributed by atoms with Gasteiger partial charge >= 0.3 is 0 Å². The van der Waals surface area contributed by atoms with Gasteiger partial charge in [0.25, 0.3) is 0 Å². The van der Waals surface area contributed by atoms with E-state index >= 15 is 0 Å². The Balaban J connectivity index is 0.00000162. The number of aryl methyl sites for hydroxylation is 2. The summed E-state index contributed by atoms with van der Waals surface area (Å²) in [7, 11) is 1.96. The van der Waals surface area contributed by atoms with Crippen LogP contribution in [-0.2, 0) is 13.6 Å². The molecule has 1 N–H and O–H groups in total. The van der Waals surface area contributed by atoms with Crippen LogP contribution in [0.25, 0.3) is 0 Å². The summed E-state index contributed by atoms with van der Waals surface area (Å²) in [5, 5.41) is 11.9. The zero-order valence-electron chi connectivity index (χ0n) is 11.2. The molecule has 0 radical (unpaired) electrons. The molecule has 0 fully saturated rings. The number of hydrogen-bond donors (Lipinski definition) is 1. The fraction of sp³-hybridized carbons (Fsp3) is 0.500. The van der Waals surface area contributed by atoms with E-state index in [9.17, 15) is 0 Å². The highest BCUT2D eigenvalue weighted by atomic mass is 35.5. The second-order valence-corrected chi connectivity index (χ2v) is 4.51. The molecule has 2 aromatic rings. The van der Waals surface area contributed by atoms with E-state index in [1.165, 1.54) is 11.3 Å². The Hall–Kier alpha value is -1.49. The normalized spacial score (nSPS) is 10.5. The summed E-state index contributed by atoms with van der Waals surface area (Å²) in [6, 6.07) is 2.35. The Labute approximate surface area is 114 Å². The van der Waals surface area contributed by atoms with E-state index in [1.807, 2.05) is 34.9 Å². The van der Waals surface area contributed by atoms with Crippen molar-refractivity contribution in [3.05, 3.63) is 29.7 Å². The standard InChI is InChI=1S/C12H19N5.ClH/c1-9(2)17-12(5-6-14-17)13-8-11-10(3)7-15-16(11)4;/h5-7,9,13H,8H2,1-4H3;1H. The first-order valence-corrected chi connectivity index (χ1v) is 5.84. The van der Waals surface area contributed by atoms with Crippen molar-refractivity contribution in [3.8, 4) is 0 Å². The zero-order valence-corrected chi connectivity index (χ0v) is 12.0. The molecule has 0 bridgehead atoms. The van der Waals surface area contributed by atoms with Crippen molar-refractivity contribution >= 4 is 18.2 Å². The molecule has 0 aliphatic rings. The SMILES string of the molecule is Cc1cnn(C)c1CNc1ccnn1C(C)C.Cl. The Kier molecular flexibility index (Phi) is 4.78. The van der Waals surface area contributed by atoms with Gasteiger partial charge in [0.15, 0.2) is 0 Å². The molecule has 6 heteroatoms. The maximum atomic E-state index is 4.29. The van der Waals surface area contributed by atoms with Crippen molar-refractivity contribution in [1.82, 2.24) is 19.6 Å². The molecule has 0 aliphatic heterocycles. The third-order valence-corrected chi connectivity index (χ3v) is 2.87. The monoisotopic (exact) mass is 269 g/mol. The maximum absolute atomic E-state index is 4.29. The lowest BCUT2D eigenvalue weighted by molar-refractivity contribution is 0.537. The van der Waals surface area contributed by atoms with Crippen molar-refractivity contribution in [2.45, 2.75) is 33.4 Å². The van der Waals surface area contributed by atoms with E-state index in [1.54, 1.807) is 0 Å². The van der Waals surface area contributed by atoms with Crippen molar-refractivity contribution < 1.29 is 0 Å². The van der Waals surface area contributed by atoms with Crippen molar-refractivity contribution in [1.29, 1.82) is 0 Å². The van der Waals surface area contributed by atoms with E-state index in [2.05, 4.69) is 36.3 Å². The average Bonchev–Trinajstić information content (AvgIpc) is 2.85. The first-order valence-electron chi connectivity index (χ1n) is 5.84. The number of halogens is 1. The van der Waals surface area contributed by atoms with Gasteiger partial charge in [0.2, 0.25) is 0 Å². The number of hydrogen-bond acceptors (Lipinski definition) is 3. The highest BCUT2D eigenvalue weighted by molar-refractivity contribution is 5.85. The van der Waals surface area contributed by atoms with E-state index in [0.29, 0.717) is 6.04 Å². The molecule has 2 heterocycles. The Bertz CT molecular complexity index is 481. The van der Waals surface area contributed by atoms with Crippen LogP contribution in [0.2, 0.25) is 0 Å². The van der Waals surface area contributed by atoms with Crippen LogP contribution in [0, 0.1) is 6.92 Å². The minimum atomic E-state index is 0. The van der Waals surface area contributed by atoms with Crippen LogP contribution in [0.1, 0.15) is 31.1 Å². The molecule has 0 atom stereocenters. The van der Waals surface area contributed by atoms with Crippen LogP contribution in [0.4, 0.5) is 5.82 Å². The smallest absolute Gasteiger partial charge is 0.124 e. The molecule has 0 aromatic carbocycles. The second kappa shape index (κ2) is 5.91. The van der Waals surface area contributed by atoms with Gasteiger partial charge < -0.3 is 5.32 Å². The van der Waals surface area contributed by atoms with Crippen molar-refractivity contribution in [2.75, 3.05) is 5.32 Å². The summed E-state index contributed by atoms with van der Waals surface area (Å²) in [5.74, 6) is 1.04. The van der Waals surface area contributed by atoms with Crippen molar-refractivity contribution in [3.63, 3.8) is 0 Å². The molecule has 5 nitrogen and oxygen atoms in total. The van der Waals surface area contributed by atoms with Crippen LogP contribution < -0.4 is 5.32 Å². The van der Waals surface area contributed by atoms with Gasteiger partial charge in [0, 0.05) is 19.2 Å². The largest absolute Gasteiger partial charge is 0.365 e. The number of rotatable bonds is 4. The number of nitrogens with one attached hydrogen (secondary N) is 1. The number of anilines is 1. The quantitative estimate of drug-likeness (QED) is 0.928. The second-order valence-electron chi connectivity index (χ2n) is 4.51. The fourth-order valence-electron chi connectivity index (χ4n) is 1.87. The van der Waals surface area contributed by atoms with E-state index in [4.69, 9.17) is 0 Å². The van der Waals surface area contributed by atoms with E-state index in [-0.39, 0.29) is 12.4 Å². The maximum Gasteiger partial charge on any atom is 0.124 e. The molecule has 2 rings (SSSR count). The lowest BCUT2D eigenvalue weighted by atomic mass is 10.3. The lowest BCUT2D eigenvalue weighted by Gasteiger charge is -2.13. The number of nitrogens with zero attached hydrogens (tertiary/aromatic N) is 4. The molecule has 0 unspecified atom stereocenters. The first-order chi connectivity index (χ1) is 8.09. The summed E-state index contributed by atoms with van der Waals surface area (Å²) in [6.45, 7) is 7.07. The summed E-state index contributed by atoms with van der Waals surface area (Å²) in [5.41, 5.74) is 2.40. The molecule has 2 aromatic heterocycles. The number of aromatic nitrogens is 4. The first kappa shape index (κ1) is 14.6. The van der Waals surface area contributed by atoms with Gasteiger partial charge in [-0.3, -0.25) is 4.68 Å². The molecule has 18 heavy (non-hydrogen) atoms. The summed E-state index contributed by atoms with van der Waals surface area (Å²) >= 11 is 0. The highest BCUT2D eigenvalue weighted by Gasteiger charge is 2.08. The van der Waals surface area contributed by atoms with Gasteiger partial charge in [-0.2, -0.15) is 10.2 Å².